The van der Waals surface area contributed by atoms with E-state index in [-0.39, 0.29) is 11.3 Å². The molecule has 0 aliphatic carbocycles. The molecular weight excluding hydrogens is 234 g/mol. The van der Waals surface area contributed by atoms with Crippen molar-refractivity contribution in [2.45, 2.75) is 46.2 Å². The zero-order chi connectivity index (χ0) is 13.3. The van der Waals surface area contributed by atoms with Crippen molar-refractivity contribution < 1.29 is 4.79 Å². The van der Waals surface area contributed by atoms with E-state index in [1.54, 1.807) is 6.20 Å². The van der Waals surface area contributed by atoms with Gasteiger partial charge in [0.15, 0.2) is 0 Å². The van der Waals surface area contributed by atoms with Crippen LogP contribution in [0.4, 0.5) is 0 Å². The number of rotatable bonds is 3. The highest BCUT2D eigenvalue weighted by atomic mass is 32.1. The summed E-state index contributed by atoms with van der Waals surface area (Å²) < 4.78 is 0. The Balaban J connectivity index is 2.75. The summed E-state index contributed by atoms with van der Waals surface area (Å²) >= 11 is 1.52. The highest BCUT2D eigenvalue weighted by Gasteiger charge is 2.32. The minimum Gasteiger partial charge on any atom is -0.343 e. The van der Waals surface area contributed by atoms with Crippen LogP contribution in [0.25, 0.3) is 0 Å². The fourth-order valence-electron chi connectivity index (χ4n) is 1.36. The summed E-state index contributed by atoms with van der Waals surface area (Å²) in [6.07, 6.45) is 1.73. The fourth-order valence-corrected chi connectivity index (χ4v) is 2.08. The first-order valence-electron chi connectivity index (χ1n) is 5.62. The summed E-state index contributed by atoms with van der Waals surface area (Å²) in [4.78, 5) is 16.3. The number of nitrogens with zero attached hydrogens (tertiary/aromatic N) is 1. The maximum Gasteiger partial charge on any atom is 0.238 e. The van der Waals surface area contributed by atoms with Gasteiger partial charge in [0, 0.05) is 11.6 Å². The number of nitrogens with two attached hydrogens (primary N) is 1. The van der Waals surface area contributed by atoms with Gasteiger partial charge in [-0.3, -0.25) is 4.79 Å². The molecule has 4 nitrogen and oxygen atoms in total. The van der Waals surface area contributed by atoms with Crippen LogP contribution in [0.15, 0.2) is 11.6 Å². The Morgan fingerprint density at radius 2 is 2.00 bits per heavy atom. The molecule has 0 bridgehead atoms. The molecule has 0 saturated carbocycles. The lowest BCUT2D eigenvalue weighted by Crippen LogP contribution is -2.53. The molecule has 0 aliphatic rings. The van der Waals surface area contributed by atoms with Gasteiger partial charge in [-0.1, -0.05) is 20.8 Å². The number of carbonyl (C=O) groups is 1. The summed E-state index contributed by atoms with van der Waals surface area (Å²) in [5.74, 6) is -0.141. The molecule has 0 radical (unpaired) electrons. The summed E-state index contributed by atoms with van der Waals surface area (Å²) in [7, 11) is 0. The minimum absolute atomic E-state index is 0.141. The van der Waals surface area contributed by atoms with Crippen LogP contribution in [-0.4, -0.2) is 16.9 Å². The zero-order valence-corrected chi connectivity index (χ0v) is 11.9. The van der Waals surface area contributed by atoms with Crippen LogP contribution in [0.5, 0.6) is 0 Å². The van der Waals surface area contributed by atoms with Crippen LogP contribution >= 0.6 is 11.3 Å². The highest BCUT2D eigenvalue weighted by molar-refractivity contribution is 7.09. The molecule has 1 atom stereocenters. The Morgan fingerprint density at radius 1 is 1.41 bits per heavy atom. The van der Waals surface area contributed by atoms with Crippen LogP contribution in [0.3, 0.4) is 0 Å². The molecule has 0 unspecified atom stereocenters. The van der Waals surface area contributed by atoms with E-state index in [0.717, 1.165) is 5.01 Å². The summed E-state index contributed by atoms with van der Waals surface area (Å²) in [5, 5.41) is 5.73. The molecule has 1 aromatic heterocycles. The average molecular weight is 255 g/mol. The molecule has 0 fully saturated rings. The van der Waals surface area contributed by atoms with Crippen molar-refractivity contribution in [3.8, 4) is 0 Å². The number of hydrogen-bond donors (Lipinski definition) is 2. The number of nitrogens with one attached hydrogen (secondary N) is 1. The van der Waals surface area contributed by atoms with Crippen molar-refractivity contribution in [1.29, 1.82) is 0 Å². The van der Waals surface area contributed by atoms with Gasteiger partial charge >= 0.3 is 0 Å². The molecule has 5 heteroatoms. The topological polar surface area (TPSA) is 68.0 Å². The number of amides is 1. The van der Waals surface area contributed by atoms with Crippen molar-refractivity contribution in [2.75, 3.05) is 0 Å². The van der Waals surface area contributed by atoms with Crippen LogP contribution in [0.1, 0.15) is 39.6 Å². The zero-order valence-electron chi connectivity index (χ0n) is 11.1. The average Bonchev–Trinajstić information content (AvgIpc) is 2.67. The monoisotopic (exact) mass is 255 g/mol. The van der Waals surface area contributed by atoms with Crippen LogP contribution in [0.2, 0.25) is 0 Å². The van der Waals surface area contributed by atoms with Gasteiger partial charge in [0.25, 0.3) is 0 Å². The Morgan fingerprint density at radius 3 is 2.41 bits per heavy atom. The molecule has 17 heavy (non-hydrogen) atoms. The molecule has 1 heterocycles. The summed E-state index contributed by atoms with van der Waals surface area (Å²) in [6.45, 7) is 9.72. The number of carbonyl (C=O) groups excluding carboxylic acids is 1. The molecule has 0 aliphatic heterocycles. The van der Waals surface area contributed by atoms with Crippen molar-refractivity contribution in [3.63, 3.8) is 0 Å². The molecule has 1 aromatic rings. The largest absolute Gasteiger partial charge is 0.343 e. The lowest BCUT2D eigenvalue weighted by Gasteiger charge is -2.31. The van der Waals surface area contributed by atoms with Crippen molar-refractivity contribution in [1.82, 2.24) is 10.3 Å². The van der Waals surface area contributed by atoms with E-state index < -0.39 is 11.6 Å². The maximum absolute atomic E-state index is 12.0. The van der Waals surface area contributed by atoms with E-state index in [1.165, 1.54) is 11.3 Å². The van der Waals surface area contributed by atoms with Gasteiger partial charge in [-0.2, -0.15) is 0 Å². The normalized spacial score (nSPS) is 14.5. The number of aromatic nitrogens is 1. The second-order valence-corrected chi connectivity index (χ2v) is 6.69. The Hall–Kier alpha value is -0.940. The smallest absolute Gasteiger partial charge is 0.238 e. The molecule has 1 amide bonds. The van der Waals surface area contributed by atoms with Gasteiger partial charge in [-0.05, 0) is 19.3 Å². The molecule has 0 saturated heterocycles. The second kappa shape index (κ2) is 4.74. The van der Waals surface area contributed by atoms with E-state index in [9.17, 15) is 4.79 Å². The van der Waals surface area contributed by atoms with E-state index in [1.807, 2.05) is 40.0 Å². The minimum atomic E-state index is -0.526. The predicted molar refractivity (Wildman–Crippen MR) is 70.7 cm³/mol. The molecule has 3 N–H and O–H groups in total. The van der Waals surface area contributed by atoms with Gasteiger partial charge < -0.3 is 11.1 Å². The van der Waals surface area contributed by atoms with E-state index >= 15 is 0 Å². The van der Waals surface area contributed by atoms with Gasteiger partial charge in [-0.15, -0.1) is 11.3 Å². The molecule has 1 rings (SSSR count). The SMILES string of the molecule is CC(C)(NC(=O)[C@@H](N)C(C)(C)C)c1nccs1. The lowest BCUT2D eigenvalue weighted by molar-refractivity contribution is -0.126. The third kappa shape index (κ3) is 3.51. The third-order valence-corrected chi connectivity index (χ3v) is 3.71. The predicted octanol–water partition coefficient (Wildman–Crippen LogP) is 1.87. The quantitative estimate of drug-likeness (QED) is 0.866. The number of hydrogen-bond acceptors (Lipinski definition) is 4. The van der Waals surface area contributed by atoms with Crippen LogP contribution < -0.4 is 11.1 Å². The first-order chi connectivity index (χ1) is 7.64. The lowest BCUT2D eigenvalue weighted by atomic mass is 9.86. The van der Waals surface area contributed by atoms with E-state index in [2.05, 4.69) is 10.3 Å². The van der Waals surface area contributed by atoms with Gasteiger partial charge in [0.2, 0.25) is 5.91 Å². The van der Waals surface area contributed by atoms with Crippen LogP contribution in [0, 0.1) is 5.41 Å². The first kappa shape index (κ1) is 14.1. The van der Waals surface area contributed by atoms with Crippen LogP contribution in [-0.2, 0) is 10.3 Å². The maximum atomic E-state index is 12.0. The molecule has 96 valence electrons. The van der Waals surface area contributed by atoms with E-state index in [0.29, 0.717) is 0 Å². The summed E-state index contributed by atoms with van der Waals surface area (Å²) in [6, 6.07) is -0.526. The first-order valence-corrected chi connectivity index (χ1v) is 6.50. The Bertz CT molecular complexity index is 379. The Kier molecular flexibility index (Phi) is 3.94. The summed E-state index contributed by atoms with van der Waals surface area (Å²) in [5.41, 5.74) is 5.20. The third-order valence-electron chi connectivity index (χ3n) is 2.62. The highest BCUT2D eigenvalue weighted by Crippen LogP contribution is 2.24. The van der Waals surface area contributed by atoms with E-state index in [4.69, 9.17) is 5.73 Å². The molecule has 0 spiro atoms. The van der Waals surface area contributed by atoms with Crippen molar-refractivity contribution in [2.24, 2.45) is 11.1 Å². The van der Waals surface area contributed by atoms with Gasteiger partial charge in [0.05, 0.1) is 11.6 Å². The van der Waals surface area contributed by atoms with Crippen molar-refractivity contribution in [3.05, 3.63) is 16.6 Å². The Labute approximate surface area is 107 Å². The second-order valence-electron chi connectivity index (χ2n) is 5.80. The molecular formula is C12H21N3OS. The van der Waals surface area contributed by atoms with Gasteiger partial charge in [-0.25, -0.2) is 4.98 Å². The number of thiazole rings is 1. The van der Waals surface area contributed by atoms with Crippen molar-refractivity contribution >= 4 is 17.2 Å². The fraction of sp³-hybridized carbons (Fsp3) is 0.667. The van der Waals surface area contributed by atoms with Gasteiger partial charge in [0.1, 0.15) is 5.01 Å². The standard InChI is InChI=1S/C12H21N3OS/c1-11(2,3)8(13)9(16)15-12(4,5)10-14-6-7-17-10/h6-8H,13H2,1-5H3,(H,15,16)/t8-/m1/s1. The molecule has 0 aromatic carbocycles.